The Hall–Kier alpha value is -1.36. The van der Waals surface area contributed by atoms with Gasteiger partial charge in [-0.15, -0.1) is 0 Å². The fourth-order valence-electron chi connectivity index (χ4n) is 2.39. The third kappa shape index (κ3) is 3.15. The first-order chi connectivity index (χ1) is 9.01. The van der Waals surface area contributed by atoms with Crippen LogP contribution in [0.15, 0.2) is 6.07 Å². The van der Waals surface area contributed by atoms with Crippen LogP contribution < -0.4 is 10.2 Å². The number of hydrogen-bond acceptors (Lipinski definition) is 5. The Morgan fingerprint density at radius 1 is 1.37 bits per heavy atom. The second-order valence-electron chi connectivity index (χ2n) is 5.61. The van der Waals surface area contributed by atoms with Gasteiger partial charge in [0.1, 0.15) is 17.5 Å². The van der Waals surface area contributed by atoms with Gasteiger partial charge in [0.05, 0.1) is 6.10 Å². The van der Waals surface area contributed by atoms with Crippen LogP contribution in [0.1, 0.15) is 38.9 Å². The number of aromatic nitrogens is 2. The molecule has 1 aliphatic heterocycles. The average Bonchev–Trinajstić information content (AvgIpc) is 2.87. The lowest BCUT2D eigenvalue weighted by atomic mass is 10.0. The molecule has 0 aliphatic carbocycles. The van der Waals surface area contributed by atoms with Crippen LogP contribution in [-0.4, -0.2) is 41.3 Å². The first kappa shape index (κ1) is 14.1. The monoisotopic (exact) mass is 264 g/mol. The van der Waals surface area contributed by atoms with Crippen molar-refractivity contribution in [1.29, 1.82) is 0 Å². The number of rotatable bonds is 4. The number of hydrogen-bond donors (Lipinski definition) is 2. The van der Waals surface area contributed by atoms with Crippen molar-refractivity contribution >= 4 is 11.6 Å². The van der Waals surface area contributed by atoms with Crippen LogP contribution in [0.25, 0.3) is 0 Å². The van der Waals surface area contributed by atoms with E-state index >= 15 is 0 Å². The summed E-state index contributed by atoms with van der Waals surface area (Å²) in [5, 5.41) is 12.8. The molecule has 1 aliphatic rings. The van der Waals surface area contributed by atoms with Crippen molar-refractivity contribution in [3.8, 4) is 0 Å². The predicted octanol–water partition coefficient (Wildman–Crippen LogP) is 1.85. The Bertz CT molecular complexity index is 433. The topological polar surface area (TPSA) is 61.3 Å². The Morgan fingerprint density at radius 2 is 2.11 bits per heavy atom. The van der Waals surface area contributed by atoms with Crippen LogP contribution in [0.4, 0.5) is 11.6 Å². The Labute approximate surface area is 115 Å². The molecule has 106 valence electrons. The van der Waals surface area contributed by atoms with Crippen LogP contribution in [0.2, 0.25) is 0 Å². The summed E-state index contributed by atoms with van der Waals surface area (Å²) in [7, 11) is 1.87. The van der Waals surface area contributed by atoms with E-state index in [0.29, 0.717) is 11.8 Å². The van der Waals surface area contributed by atoms with Gasteiger partial charge in [-0.1, -0.05) is 13.8 Å². The van der Waals surface area contributed by atoms with Gasteiger partial charge in [-0.2, -0.15) is 0 Å². The number of aliphatic hydroxyl groups is 1. The zero-order chi connectivity index (χ0) is 14.0. The SMILES string of the molecule is CNc1cc(N2CCC(C(C)O)C2)nc(C(C)C)n1. The smallest absolute Gasteiger partial charge is 0.135 e. The summed E-state index contributed by atoms with van der Waals surface area (Å²) < 4.78 is 0. The molecule has 2 rings (SSSR count). The van der Waals surface area contributed by atoms with Gasteiger partial charge >= 0.3 is 0 Å². The summed E-state index contributed by atoms with van der Waals surface area (Å²) in [5.74, 6) is 3.33. The summed E-state index contributed by atoms with van der Waals surface area (Å²) in [4.78, 5) is 11.4. The Balaban J connectivity index is 2.22. The van der Waals surface area contributed by atoms with E-state index in [1.54, 1.807) is 0 Å². The highest BCUT2D eigenvalue weighted by Gasteiger charge is 2.27. The van der Waals surface area contributed by atoms with Gasteiger partial charge in [0.25, 0.3) is 0 Å². The minimum atomic E-state index is -0.250. The Morgan fingerprint density at radius 3 is 2.63 bits per heavy atom. The minimum Gasteiger partial charge on any atom is -0.393 e. The summed E-state index contributed by atoms with van der Waals surface area (Å²) >= 11 is 0. The van der Waals surface area contributed by atoms with Gasteiger partial charge in [-0.25, -0.2) is 9.97 Å². The molecule has 2 unspecified atom stereocenters. The Kier molecular flexibility index (Phi) is 4.24. The molecular weight excluding hydrogens is 240 g/mol. The summed E-state index contributed by atoms with van der Waals surface area (Å²) in [6, 6.07) is 1.98. The van der Waals surface area contributed by atoms with Crippen LogP contribution in [0.5, 0.6) is 0 Å². The molecule has 1 saturated heterocycles. The fourth-order valence-corrected chi connectivity index (χ4v) is 2.39. The van der Waals surface area contributed by atoms with E-state index in [1.807, 2.05) is 20.0 Å². The largest absolute Gasteiger partial charge is 0.393 e. The molecule has 2 N–H and O–H groups in total. The molecule has 0 bridgehead atoms. The van der Waals surface area contributed by atoms with Gasteiger partial charge in [0, 0.05) is 38.0 Å². The molecule has 1 fully saturated rings. The van der Waals surface area contributed by atoms with Crippen LogP contribution in [0.3, 0.4) is 0 Å². The van der Waals surface area contributed by atoms with Crippen molar-refractivity contribution < 1.29 is 5.11 Å². The molecule has 0 amide bonds. The van der Waals surface area contributed by atoms with Crippen molar-refractivity contribution in [2.75, 3.05) is 30.4 Å². The number of nitrogens with zero attached hydrogens (tertiary/aromatic N) is 3. The maximum atomic E-state index is 9.69. The maximum absolute atomic E-state index is 9.69. The zero-order valence-corrected chi connectivity index (χ0v) is 12.2. The molecular formula is C14H24N4O. The van der Waals surface area contributed by atoms with Crippen LogP contribution in [-0.2, 0) is 0 Å². The predicted molar refractivity (Wildman–Crippen MR) is 77.7 cm³/mol. The summed E-state index contributed by atoms with van der Waals surface area (Å²) in [6.45, 7) is 7.89. The van der Waals surface area contributed by atoms with E-state index in [1.165, 1.54) is 0 Å². The molecule has 2 atom stereocenters. The molecule has 19 heavy (non-hydrogen) atoms. The zero-order valence-electron chi connectivity index (χ0n) is 12.2. The first-order valence-corrected chi connectivity index (χ1v) is 7.01. The molecule has 0 aromatic carbocycles. The molecule has 2 heterocycles. The van der Waals surface area contributed by atoms with Gasteiger partial charge < -0.3 is 15.3 Å². The standard InChI is InChI=1S/C14H24N4O/c1-9(2)14-16-12(15-4)7-13(17-14)18-6-5-11(8-18)10(3)19/h7,9-11,19H,5-6,8H2,1-4H3,(H,15,16,17). The molecule has 1 aromatic rings. The highest BCUT2D eigenvalue weighted by Crippen LogP contribution is 2.26. The first-order valence-electron chi connectivity index (χ1n) is 7.01. The molecule has 0 saturated carbocycles. The minimum absolute atomic E-state index is 0.250. The average molecular weight is 264 g/mol. The highest BCUT2D eigenvalue weighted by molar-refractivity contribution is 5.50. The van der Waals surface area contributed by atoms with Crippen LogP contribution >= 0.6 is 0 Å². The van der Waals surface area contributed by atoms with Gasteiger partial charge in [0.2, 0.25) is 0 Å². The second kappa shape index (κ2) is 5.74. The van der Waals surface area contributed by atoms with Gasteiger partial charge in [0.15, 0.2) is 0 Å². The summed E-state index contributed by atoms with van der Waals surface area (Å²) in [5.41, 5.74) is 0. The van der Waals surface area contributed by atoms with E-state index in [9.17, 15) is 5.11 Å². The van der Waals surface area contributed by atoms with E-state index < -0.39 is 0 Å². The van der Waals surface area contributed by atoms with Gasteiger partial charge in [-0.3, -0.25) is 0 Å². The van der Waals surface area contributed by atoms with Crippen molar-refractivity contribution in [3.63, 3.8) is 0 Å². The summed E-state index contributed by atoms with van der Waals surface area (Å²) in [6.07, 6.45) is 0.772. The van der Waals surface area contributed by atoms with Crippen molar-refractivity contribution in [1.82, 2.24) is 9.97 Å². The second-order valence-corrected chi connectivity index (χ2v) is 5.61. The molecule has 0 radical (unpaired) electrons. The third-order valence-corrected chi connectivity index (χ3v) is 3.73. The molecule has 0 spiro atoms. The van der Waals surface area contributed by atoms with E-state index in [-0.39, 0.29) is 6.10 Å². The van der Waals surface area contributed by atoms with Crippen molar-refractivity contribution in [2.24, 2.45) is 5.92 Å². The lowest BCUT2D eigenvalue weighted by Gasteiger charge is -2.20. The van der Waals surface area contributed by atoms with E-state index in [4.69, 9.17) is 0 Å². The normalized spacial score (nSPS) is 20.9. The third-order valence-electron chi connectivity index (χ3n) is 3.73. The number of nitrogens with one attached hydrogen (secondary N) is 1. The fraction of sp³-hybridized carbons (Fsp3) is 0.714. The number of aliphatic hydroxyl groups excluding tert-OH is 1. The van der Waals surface area contributed by atoms with Crippen molar-refractivity contribution in [3.05, 3.63) is 11.9 Å². The maximum Gasteiger partial charge on any atom is 0.135 e. The molecule has 1 aromatic heterocycles. The highest BCUT2D eigenvalue weighted by atomic mass is 16.3. The van der Waals surface area contributed by atoms with E-state index in [0.717, 1.165) is 37.0 Å². The lowest BCUT2D eigenvalue weighted by molar-refractivity contribution is 0.136. The van der Waals surface area contributed by atoms with Crippen LogP contribution in [0, 0.1) is 5.92 Å². The lowest BCUT2D eigenvalue weighted by Crippen LogP contribution is -2.25. The molecule has 5 heteroatoms. The quantitative estimate of drug-likeness (QED) is 0.869. The van der Waals surface area contributed by atoms with Crippen molar-refractivity contribution in [2.45, 2.75) is 39.2 Å². The molecule has 5 nitrogen and oxygen atoms in total. The van der Waals surface area contributed by atoms with Gasteiger partial charge in [-0.05, 0) is 13.3 Å². The van der Waals surface area contributed by atoms with E-state index in [2.05, 4.69) is 34.0 Å². The number of anilines is 2.